The van der Waals surface area contributed by atoms with Crippen LogP contribution in [0.3, 0.4) is 0 Å². The Labute approximate surface area is 168 Å². The minimum absolute atomic E-state index is 0.00696. The van der Waals surface area contributed by atoms with E-state index in [0.717, 1.165) is 6.26 Å². The molecule has 0 aliphatic rings. The van der Waals surface area contributed by atoms with E-state index in [2.05, 4.69) is 15.4 Å². The lowest BCUT2D eigenvalue weighted by Crippen LogP contribution is -2.33. The third-order valence-electron chi connectivity index (χ3n) is 3.63. The smallest absolute Gasteiger partial charge is 0.269 e. The quantitative estimate of drug-likeness (QED) is 0.282. The van der Waals surface area contributed by atoms with E-state index in [1.165, 1.54) is 48.5 Å². The topological polar surface area (TPSA) is 140 Å². The predicted octanol–water partition coefficient (Wildman–Crippen LogP) is 1.36. The second-order valence-corrected chi connectivity index (χ2v) is 7.81. The first-order valence-electron chi connectivity index (χ1n) is 8.68. The molecule has 2 rings (SSSR count). The average molecular weight is 422 g/mol. The fourth-order valence-electron chi connectivity index (χ4n) is 2.30. The summed E-state index contributed by atoms with van der Waals surface area (Å²) in [5, 5.41) is 16.4. The number of nitro groups is 1. The van der Waals surface area contributed by atoms with Crippen LogP contribution in [0.25, 0.3) is 0 Å². The number of nitrogens with one attached hydrogen (secondary N) is 3. The summed E-state index contributed by atoms with van der Waals surface area (Å²) < 4.78 is 30.1. The van der Waals surface area contributed by atoms with Crippen molar-refractivity contribution in [2.75, 3.05) is 37.2 Å². The van der Waals surface area contributed by atoms with Crippen LogP contribution in [0.15, 0.2) is 48.5 Å². The van der Waals surface area contributed by atoms with Crippen LogP contribution in [0, 0.1) is 10.1 Å². The van der Waals surface area contributed by atoms with Crippen molar-refractivity contribution in [1.82, 2.24) is 10.6 Å². The third-order valence-corrected chi connectivity index (χ3v) is 4.24. The SMILES string of the molecule is CS(=O)(=O)Nc1ccc(C(=O)NCCNCCOc2ccc([N+](=O)[O-])cc2)cc1. The van der Waals surface area contributed by atoms with E-state index in [1.807, 2.05) is 0 Å². The van der Waals surface area contributed by atoms with E-state index < -0.39 is 14.9 Å². The summed E-state index contributed by atoms with van der Waals surface area (Å²) in [7, 11) is -3.35. The summed E-state index contributed by atoms with van der Waals surface area (Å²) >= 11 is 0. The van der Waals surface area contributed by atoms with Crippen LogP contribution >= 0.6 is 0 Å². The van der Waals surface area contributed by atoms with Gasteiger partial charge in [-0.3, -0.25) is 19.6 Å². The van der Waals surface area contributed by atoms with Crippen LogP contribution in [-0.4, -0.2) is 51.7 Å². The molecule has 0 aliphatic heterocycles. The molecule has 1 amide bonds. The number of nitrogens with zero attached hydrogens (tertiary/aromatic N) is 1. The molecular formula is C18H22N4O6S. The summed E-state index contributed by atoms with van der Waals surface area (Å²) in [6.07, 6.45) is 1.05. The molecule has 0 spiro atoms. The number of amides is 1. The number of sulfonamides is 1. The fraction of sp³-hybridized carbons (Fsp3) is 0.278. The van der Waals surface area contributed by atoms with E-state index in [9.17, 15) is 23.3 Å². The van der Waals surface area contributed by atoms with Gasteiger partial charge in [0, 0.05) is 43.0 Å². The van der Waals surface area contributed by atoms with Gasteiger partial charge < -0.3 is 15.4 Å². The maximum atomic E-state index is 12.0. The Balaban J connectivity index is 1.61. The number of carbonyl (C=O) groups excluding carboxylic acids is 1. The highest BCUT2D eigenvalue weighted by Gasteiger charge is 2.07. The molecule has 0 bridgehead atoms. The molecule has 0 heterocycles. The van der Waals surface area contributed by atoms with Crippen LogP contribution in [0.2, 0.25) is 0 Å². The molecule has 0 aromatic heterocycles. The van der Waals surface area contributed by atoms with E-state index in [1.54, 1.807) is 0 Å². The zero-order valence-electron chi connectivity index (χ0n) is 15.8. The molecule has 0 saturated heterocycles. The number of hydrogen-bond acceptors (Lipinski definition) is 7. The van der Waals surface area contributed by atoms with Crippen molar-refractivity contribution in [3.05, 3.63) is 64.2 Å². The zero-order valence-corrected chi connectivity index (χ0v) is 16.6. The Bertz CT molecular complexity index is 930. The number of non-ortho nitro benzene ring substituents is 1. The van der Waals surface area contributed by atoms with E-state index in [4.69, 9.17) is 4.74 Å². The number of ether oxygens (including phenoxy) is 1. The second-order valence-electron chi connectivity index (χ2n) is 6.06. The molecular weight excluding hydrogens is 400 g/mol. The molecule has 0 unspecified atom stereocenters. The summed E-state index contributed by atoms with van der Waals surface area (Å²) in [5.41, 5.74) is 0.816. The molecule has 29 heavy (non-hydrogen) atoms. The largest absolute Gasteiger partial charge is 0.492 e. The number of hydrogen-bond donors (Lipinski definition) is 3. The van der Waals surface area contributed by atoms with Gasteiger partial charge in [-0.05, 0) is 36.4 Å². The number of anilines is 1. The average Bonchev–Trinajstić information content (AvgIpc) is 2.66. The Kier molecular flexibility index (Phi) is 7.92. The molecule has 10 nitrogen and oxygen atoms in total. The number of carbonyl (C=O) groups is 1. The van der Waals surface area contributed by atoms with Crippen molar-refractivity contribution in [3.8, 4) is 5.75 Å². The number of rotatable bonds is 11. The van der Waals surface area contributed by atoms with Crippen LogP contribution < -0.4 is 20.1 Å². The van der Waals surface area contributed by atoms with Gasteiger partial charge in [0.1, 0.15) is 12.4 Å². The Hall–Kier alpha value is -3.18. The highest BCUT2D eigenvalue weighted by molar-refractivity contribution is 7.92. The maximum Gasteiger partial charge on any atom is 0.269 e. The molecule has 0 fully saturated rings. The number of benzene rings is 2. The van der Waals surface area contributed by atoms with Crippen molar-refractivity contribution in [2.45, 2.75) is 0 Å². The zero-order chi connectivity index (χ0) is 21.3. The predicted molar refractivity (Wildman–Crippen MR) is 109 cm³/mol. The summed E-state index contributed by atoms with van der Waals surface area (Å²) in [5.74, 6) is 0.277. The first kappa shape index (κ1) is 22.1. The lowest BCUT2D eigenvalue weighted by Gasteiger charge is -2.09. The van der Waals surface area contributed by atoms with E-state index in [0.29, 0.717) is 43.2 Å². The Morgan fingerprint density at radius 2 is 1.69 bits per heavy atom. The standard InChI is InChI=1S/C18H22N4O6S/c1-29(26,27)21-15-4-2-14(3-5-15)18(23)20-11-10-19-12-13-28-17-8-6-16(7-9-17)22(24)25/h2-9,19,21H,10-13H2,1H3,(H,20,23). The van der Waals surface area contributed by atoms with Crippen LogP contribution in [-0.2, 0) is 10.0 Å². The molecule has 11 heteroatoms. The van der Waals surface area contributed by atoms with Gasteiger partial charge in [0.2, 0.25) is 10.0 Å². The monoisotopic (exact) mass is 422 g/mol. The molecule has 0 atom stereocenters. The van der Waals surface area contributed by atoms with Crippen LogP contribution in [0.4, 0.5) is 11.4 Å². The molecule has 0 radical (unpaired) electrons. The molecule has 0 saturated carbocycles. The molecule has 2 aromatic carbocycles. The maximum absolute atomic E-state index is 12.0. The van der Waals surface area contributed by atoms with Gasteiger partial charge >= 0.3 is 0 Å². The highest BCUT2D eigenvalue weighted by atomic mass is 32.2. The minimum Gasteiger partial charge on any atom is -0.492 e. The first-order chi connectivity index (χ1) is 13.7. The Morgan fingerprint density at radius 1 is 1.03 bits per heavy atom. The van der Waals surface area contributed by atoms with Gasteiger partial charge in [-0.25, -0.2) is 8.42 Å². The van der Waals surface area contributed by atoms with Gasteiger partial charge in [0.25, 0.3) is 11.6 Å². The van der Waals surface area contributed by atoms with Gasteiger partial charge in [-0.15, -0.1) is 0 Å². The van der Waals surface area contributed by atoms with E-state index in [-0.39, 0.29) is 11.6 Å². The summed E-state index contributed by atoms with van der Waals surface area (Å²) in [4.78, 5) is 22.1. The highest BCUT2D eigenvalue weighted by Crippen LogP contribution is 2.17. The van der Waals surface area contributed by atoms with Crippen molar-refractivity contribution >= 4 is 27.3 Å². The van der Waals surface area contributed by atoms with Crippen molar-refractivity contribution in [1.29, 1.82) is 0 Å². The van der Waals surface area contributed by atoms with Gasteiger partial charge in [0.05, 0.1) is 11.2 Å². The Morgan fingerprint density at radius 3 is 2.28 bits per heavy atom. The first-order valence-corrected chi connectivity index (χ1v) is 10.6. The number of nitro benzene ring substituents is 1. The van der Waals surface area contributed by atoms with Gasteiger partial charge in [0.15, 0.2) is 0 Å². The molecule has 156 valence electrons. The lowest BCUT2D eigenvalue weighted by atomic mass is 10.2. The van der Waals surface area contributed by atoms with Crippen molar-refractivity contribution in [3.63, 3.8) is 0 Å². The third kappa shape index (κ3) is 8.15. The second kappa shape index (κ2) is 10.4. The van der Waals surface area contributed by atoms with Crippen LogP contribution in [0.1, 0.15) is 10.4 Å². The van der Waals surface area contributed by atoms with Crippen molar-refractivity contribution in [2.24, 2.45) is 0 Å². The molecule has 0 aliphatic carbocycles. The lowest BCUT2D eigenvalue weighted by molar-refractivity contribution is -0.384. The summed E-state index contributed by atoms with van der Waals surface area (Å²) in [6, 6.07) is 11.9. The minimum atomic E-state index is -3.35. The van der Waals surface area contributed by atoms with E-state index >= 15 is 0 Å². The van der Waals surface area contributed by atoms with Gasteiger partial charge in [-0.2, -0.15) is 0 Å². The fourth-order valence-corrected chi connectivity index (χ4v) is 2.86. The normalized spacial score (nSPS) is 10.9. The summed E-state index contributed by atoms with van der Waals surface area (Å²) in [6.45, 7) is 1.85. The molecule has 2 aromatic rings. The molecule has 3 N–H and O–H groups in total. The van der Waals surface area contributed by atoms with Crippen LogP contribution in [0.5, 0.6) is 5.75 Å². The van der Waals surface area contributed by atoms with Gasteiger partial charge in [-0.1, -0.05) is 0 Å². The van der Waals surface area contributed by atoms with Crippen molar-refractivity contribution < 1.29 is 22.9 Å².